The van der Waals surface area contributed by atoms with Crippen LogP contribution in [-0.2, 0) is 19.0 Å². The molecule has 0 aliphatic carbocycles. The minimum absolute atomic E-state index is 0.354. The Morgan fingerprint density at radius 2 is 1.71 bits per heavy atom. The van der Waals surface area contributed by atoms with Crippen LogP contribution in [0, 0.1) is 0 Å². The molecule has 1 unspecified atom stereocenters. The van der Waals surface area contributed by atoms with Crippen LogP contribution in [0.3, 0.4) is 0 Å². The summed E-state index contributed by atoms with van der Waals surface area (Å²) in [6.45, 7) is 4.71. The molecule has 0 aromatic carbocycles. The van der Waals surface area contributed by atoms with Gasteiger partial charge in [-0.3, -0.25) is 0 Å². The molecule has 0 aromatic heterocycles. The molecule has 0 amide bonds. The Balaban J connectivity index is 2.98. The Morgan fingerprint density at radius 1 is 1.07 bits per heavy atom. The van der Waals surface area contributed by atoms with E-state index in [0.29, 0.717) is 39.6 Å². The van der Waals surface area contributed by atoms with Crippen LogP contribution >= 0.6 is 0 Å². The molecule has 4 N–H and O–H groups in total. The van der Waals surface area contributed by atoms with E-state index in [1.807, 2.05) is 6.92 Å². The molecule has 0 saturated heterocycles. The van der Waals surface area contributed by atoms with Gasteiger partial charge in [0.25, 0.3) is 0 Å². The van der Waals surface area contributed by atoms with Crippen LogP contribution in [0.4, 0.5) is 0 Å². The van der Waals surface area contributed by atoms with Gasteiger partial charge in [-0.2, -0.15) is 0 Å². The number of hydrogen-bond donors (Lipinski definition) is 2. The molecule has 0 aliphatic rings. The standard InChI is InChI=1S/C8H20N2O4/c1-2-13-8(9)7-12-4-3-11-5-6-14-10/h8H,2-7,9-10H2,1H3. The van der Waals surface area contributed by atoms with Crippen LogP contribution in [0.15, 0.2) is 0 Å². The van der Waals surface area contributed by atoms with Crippen molar-refractivity contribution in [1.82, 2.24) is 0 Å². The highest BCUT2D eigenvalue weighted by atomic mass is 16.6. The Bertz CT molecular complexity index is 116. The lowest BCUT2D eigenvalue weighted by atomic mass is 10.6. The van der Waals surface area contributed by atoms with Crippen LogP contribution in [0.1, 0.15) is 6.92 Å². The predicted molar refractivity (Wildman–Crippen MR) is 51.4 cm³/mol. The van der Waals surface area contributed by atoms with Crippen LogP contribution in [0.2, 0.25) is 0 Å². The molecule has 0 aromatic rings. The van der Waals surface area contributed by atoms with Crippen molar-refractivity contribution >= 4 is 0 Å². The predicted octanol–water partition coefficient (Wildman–Crippen LogP) is -0.769. The second kappa shape index (κ2) is 10.8. The summed E-state index contributed by atoms with van der Waals surface area (Å²) in [5.74, 6) is 4.80. The van der Waals surface area contributed by atoms with E-state index >= 15 is 0 Å². The van der Waals surface area contributed by atoms with Crippen molar-refractivity contribution in [2.24, 2.45) is 11.6 Å². The first-order chi connectivity index (χ1) is 6.81. The highest BCUT2D eigenvalue weighted by molar-refractivity contribution is 4.43. The highest BCUT2D eigenvalue weighted by Gasteiger charge is 1.99. The van der Waals surface area contributed by atoms with Crippen LogP contribution in [0.5, 0.6) is 0 Å². The van der Waals surface area contributed by atoms with Gasteiger partial charge in [0.2, 0.25) is 0 Å². The van der Waals surface area contributed by atoms with E-state index in [-0.39, 0.29) is 6.23 Å². The third-order valence-corrected chi connectivity index (χ3v) is 1.38. The van der Waals surface area contributed by atoms with Gasteiger partial charge in [-0.25, -0.2) is 5.90 Å². The summed E-state index contributed by atoms with van der Waals surface area (Å²) in [6.07, 6.45) is -0.354. The lowest BCUT2D eigenvalue weighted by Crippen LogP contribution is -2.30. The highest BCUT2D eigenvalue weighted by Crippen LogP contribution is 1.85. The van der Waals surface area contributed by atoms with Crippen molar-refractivity contribution in [3.8, 4) is 0 Å². The summed E-state index contributed by atoms with van der Waals surface area (Å²) in [7, 11) is 0. The van der Waals surface area contributed by atoms with Gasteiger partial charge in [0.1, 0.15) is 6.23 Å². The van der Waals surface area contributed by atoms with Gasteiger partial charge in [-0.05, 0) is 6.92 Å². The lowest BCUT2D eigenvalue weighted by molar-refractivity contribution is -0.0308. The average Bonchev–Trinajstić information content (AvgIpc) is 2.17. The molecule has 14 heavy (non-hydrogen) atoms. The molecule has 1 atom stereocenters. The Morgan fingerprint density at radius 3 is 2.36 bits per heavy atom. The molecule has 86 valence electrons. The second-order valence-corrected chi connectivity index (χ2v) is 2.55. The van der Waals surface area contributed by atoms with E-state index in [4.69, 9.17) is 25.8 Å². The monoisotopic (exact) mass is 208 g/mol. The zero-order chi connectivity index (χ0) is 10.6. The van der Waals surface area contributed by atoms with Crippen LogP contribution < -0.4 is 11.6 Å². The third kappa shape index (κ3) is 9.85. The van der Waals surface area contributed by atoms with Crippen LogP contribution in [-0.4, -0.2) is 45.9 Å². The smallest absolute Gasteiger partial charge is 0.129 e. The molecule has 0 spiro atoms. The number of rotatable bonds is 10. The Hall–Kier alpha value is -0.240. The normalized spacial score (nSPS) is 13.1. The zero-order valence-electron chi connectivity index (χ0n) is 8.61. The van der Waals surface area contributed by atoms with Crippen molar-refractivity contribution in [3.63, 3.8) is 0 Å². The second-order valence-electron chi connectivity index (χ2n) is 2.55. The molecule has 6 heteroatoms. The zero-order valence-corrected chi connectivity index (χ0v) is 8.61. The van der Waals surface area contributed by atoms with Crippen molar-refractivity contribution < 1.29 is 19.0 Å². The summed E-state index contributed by atoms with van der Waals surface area (Å²) in [6, 6.07) is 0. The van der Waals surface area contributed by atoms with Gasteiger partial charge in [-0.15, -0.1) is 0 Å². The lowest BCUT2D eigenvalue weighted by Gasteiger charge is -2.11. The first-order valence-corrected chi connectivity index (χ1v) is 4.65. The molecule has 0 bridgehead atoms. The third-order valence-electron chi connectivity index (χ3n) is 1.38. The van der Waals surface area contributed by atoms with Gasteiger partial charge in [0.05, 0.1) is 33.0 Å². The van der Waals surface area contributed by atoms with E-state index in [2.05, 4.69) is 4.84 Å². The topological polar surface area (TPSA) is 89.0 Å². The molecule has 0 heterocycles. The fourth-order valence-electron chi connectivity index (χ4n) is 0.789. The molecule has 6 nitrogen and oxygen atoms in total. The van der Waals surface area contributed by atoms with Gasteiger partial charge < -0.3 is 24.8 Å². The average molecular weight is 208 g/mol. The van der Waals surface area contributed by atoms with E-state index in [1.165, 1.54) is 0 Å². The van der Waals surface area contributed by atoms with Crippen molar-refractivity contribution in [3.05, 3.63) is 0 Å². The van der Waals surface area contributed by atoms with E-state index in [9.17, 15) is 0 Å². The number of hydrogen-bond acceptors (Lipinski definition) is 6. The maximum atomic E-state index is 5.52. The maximum absolute atomic E-state index is 5.52. The fraction of sp³-hybridized carbons (Fsp3) is 1.00. The molecule has 0 radical (unpaired) electrons. The first kappa shape index (κ1) is 13.8. The number of ether oxygens (including phenoxy) is 3. The van der Waals surface area contributed by atoms with Crippen molar-refractivity contribution in [2.45, 2.75) is 13.2 Å². The van der Waals surface area contributed by atoms with E-state index in [1.54, 1.807) is 0 Å². The maximum Gasteiger partial charge on any atom is 0.129 e. The largest absolute Gasteiger partial charge is 0.377 e. The summed E-state index contributed by atoms with van der Waals surface area (Å²) in [5, 5.41) is 0. The summed E-state index contributed by atoms with van der Waals surface area (Å²) in [5.41, 5.74) is 5.52. The minimum atomic E-state index is -0.354. The van der Waals surface area contributed by atoms with Crippen molar-refractivity contribution in [2.75, 3.05) is 39.6 Å². The van der Waals surface area contributed by atoms with Gasteiger partial charge >= 0.3 is 0 Å². The molecule has 0 saturated carbocycles. The SMILES string of the molecule is CCOC(N)COCCOCCON. The summed E-state index contributed by atoms with van der Waals surface area (Å²) >= 11 is 0. The van der Waals surface area contributed by atoms with Gasteiger partial charge in [-0.1, -0.05) is 0 Å². The first-order valence-electron chi connectivity index (χ1n) is 4.65. The Kier molecular flexibility index (Phi) is 10.7. The molecular weight excluding hydrogens is 188 g/mol. The van der Waals surface area contributed by atoms with Gasteiger partial charge in [0.15, 0.2) is 0 Å². The quantitative estimate of drug-likeness (QED) is 0.278. The van der Waals surface area contributed by atoms with Crippen LogP contribution in [0.25, 0.3) is 0 Å². The van der Waals surface area contributed by atoms with E-state index in [0.717, 1.165) is 0 Å². The minimum Gasteiger partial charge on any atom is -0.377 e. The van der Waals surface area contributed by atoms with Crippen molar-refractivity contribution in [1.29, 1.82) is 0 Å². The molecular formula is C8H20N2O4. The molecule has 0 rings (SSSR count). The fourth-order valence-corrected chi connectivity index (χ4v) is 0.789. The summed E-state index contributed by atoms with van der Waals surface area (Å²) in [4.78, 5) is 4.31. The molecule has 0 fully saturated rings. The van der Waals surface area contributed by atoms with Gasteiger partial charge in [0, 0.05) is 6.61 Å². The summed E-state index contributed by atoms with van der Waals surface area (Å²) < 4.78 is 15.3. The number of nitrogens with two attached hydrogens (primary N) is 2. The molecule has 0 aliphatic heterocycles. The van der Waals surface area contributed by atoms with E-state index < -0.39 is 0 Å². The Labute approximate surface area is 84.4 Å².